The summed E-state index contributed by atoms with van der Waals surface area (Å²) in [5, 5.41) is 6.39. The molecule has 3 atom stereocenters. The molecule has 3 aromatic carbocycles. The van der Waals surface area contributed by atoms with E-state index in [0.717, 1.165) is 17.7 Å². The number of nitrogens with zero attached hydrogens (tertiary/aromatic N) is 1. The first-order chi connectivity index (χ1) is 15.3. The normalized spacial score (nSPS) is 24.5. The average molecular weight is 411 g/mol. The molecule has 2 heterocycles. The highest BCUT2D eigenvalue weighted by atomic mass is 16.5. The van der Waals surface area contributed by atoms with Crippen molar-refractivity contribution in [3.63, 3.8) is 0 Å². The van der Waals surface area contributed by atoms with Crippen molar-refractivity contribution in [2.45, 2.75) is 18.4 Å². The SMILES string of the molecule is O=C(c1cccc2c1NC(c1cccc3ccccc13)C1CC=CC21)N1CCOCC1. The number of carbonyl (C=O) groups is 1. The van der Waals surface area contributed by atoms with Gasteiger partial charge in [0.2, 0.25) is 0 Å². The van der Waals surface area contributed by atoms with Crippen molar-refractivity contribution in [3.05, 3.63) is 89.5 Å². The first kappa shape index (κ1) is 18.6. The Hall–Kier alpha value is -3.11. The van der Waals surface area contributed by atoms with Crippen LogP contribution in [0, 0.1) is 5.92 Å². The highest BCUT2D eigenvalue weighted by Crippen LogP contribution is 2.51. The van der Waals surface area contributed by atoms with E-state index in [4.69, 9.17) is 4.74 Å². The van der Waals surface area contributed by atoms with Gasteiger partial charge in [-0.2, -0.15) is 0 Å². The summed E-state index contributed by atoms with van der Waals surface area (Å²) in [6.45, 7) is 2.53. The Kier molecular flexibility index (Phi) is 4.53. The fourth-order valence-electron chi connectivity index (χ4n) is 5.57. The van der Waals surface area contributed by atoms with Crippen LogP contribution in [0.1, 0.15) is 39.9 Å². The summed E-state index contributed by atoms with van der Waals surface area (Å²) in [5.41, 5.74) is 4.35. The smallest absolute Gasteiger partial charge is 0.256 e. The van der Waals surface area contributed by atoms with Crippen LogP contribution in [0.5, 0.6) is 0 Å². The molecule has 0 aromatic heterocycles. The molecule has 6 rings (SSSR count). The molecule has 0 radical (unpaired) electrons. The van der Waals surface area contributed by atoms with Crippen molar-refractivity contribution in [3.8, 4) is 0 Å². The van der Waals surface area contributed by atoms with Gasteiger partial charge in [-0.15, -0.1) is 0 Å². The molecule has 4 heteroatoms. The van der Waals surface area contributed by atoms with E-state index in [1.165, 1.54) is 21.9 Å². The van der Waals surface area contributed by atoms with E-state index in [1.54, 1.807) is 0 Å². The summed E-state index contributed by atoms with van der Waals surface area (Å²) < 4.78 is 5.45. The van der Waals surface area contributed by atoms with Gasteiger partial charge in [-0.3, -0.25) is 4.79 Å². The predicted octanol–water partition coefficient (Wildman–Crippen LogP) is 5.14. The number of amides is 1. The van der Waals surface area contributed by atoms with Crippen LogP contribution in [0.15, 0.2) is 72.8 Å². The lowest BCUT2D eigenvalue weighted by molar-refractivity contribution is 0.0303. The first-order valence-corrected chi connectivity index (χ1v) is 11.2. The minimum Gasteiger partial charge on any atom is -0.378 e. The van der Waals surface area contributed by atoms with Crippen molar-refractivity contribution in [1.29, 1.82) is 0 Å². The number of ether oxygens (including phenoxy) is 1. The van der Waals surface area contributed by atoms with Crippen LogP contribution < -0.4 is 5.32 Å². The number of para-hydroxylation sites is 1. The largest absolute Gasteiger partial charge is 0.378 e. The minimum absolute atomic E-state index is 0.102. The van der Waals surface area contributed by atoms with Gasteiger partial charge < -0.3 is 15.0 Å². The van der Waals surface area contributed by atoms with Crippen molar-refractivity contribution < 1.29 is 9.53 Å². The van der Waals surface area contributed by atoms with E-state index in [1.807, 2.05) is 17.0 Å². The number of hydrogen-bond acceptors (Lipinski definition) is 3. The fraction of sp³-hybridized carbons (Fsp3) is 0.296. The van der Waals surface area contributed by atoms with Crippen molar-refractivity contribution in [1.82, 2.24) is 4.90 Å². The zero-order valence-corrected chi connectivity index (χ0v) is 17.5. The van der Waals surface area contributed by atoms with Crippen molar-refractivity contribution in [2.24, 2.45) is 5.92 Å². The number of hydrogen-bond donors (Lipinski definition) is 1. The number of nitrogens with one attached hydrogen (secondary N) is 1. The van der Waals surface area contributed by atoms with Gasteiger partial charge in [0.1, 0.15) is 0 Å². The average Bonchev–Trinajstić information content (AvgIpc) is 3.33. The minimum atomic E-state index is 0.102. The molecule has 0 saturated carbocycles. The number of carbonyl (C=O) groups excluding carboxylic acids is 1. The summed E-state index contributed by atoms with van der Waals surface area (Å²) in [6.07, 6.45) is 5.69. The maximum atomic E-state index is 13.4. The third kappa shape index (κ3) is 3.05. The van der Waals surface area contributed by atoms with Crippen LogP contribution >= 0.6 is 0 Å². The van der Waals surface area contributed by atoms with Crippen molar-refractivity contribution in [2.75, 3.05) is 31.6 Å². The quantitative estimate of drug-likeness (QED) is 0.595. The molecule has 1 N–H and O–H groups in total. The number of allylic oxidation sites excluding steroid dienone is 2. The number of anilines is 1. The number of fused-ring (bicyclic) bond motifs is 4. The van der Waals surface area contributed by atoms with Gasteiger partial charge in [0.25, 0.3) is 5.91 Å². The molecular formula is C27H26N2O2. The number of benzene rings is 3. The Bertz CT molecular complexity index is 1170. The molecule has 0 spiro atoms. The molecule has 0 bridgehead atoms. The van der Waals surface area contributed by atoms with Crippen molar-refractivity contribution >= 4 is 22.4 Å². The van der Waals surface area contributed by atoms with Gasteiger partial charge in [0.15, 0.2) is 0 Å². The highest BCUT2D eigenvalue weighted by molar-refractivity contribution is 6.01. The lowest BCUT2D eigenvalue weighted by atomic mass is 9.75. The summed E-state index contributed by atoms with van der Waals surface area (Å²) in [5.74, 6) is 0.884. The van der Waals surface area contributed by atoms with Gasteiger partial charge in [0, 0.05) is 19.0 Å². The molecule has 1 saturated heterocycles. The lowest BCUT2D eigenvalue weighted by Gasteiger charge is -2.39. The molecule has 1 fully saturated rings. The Balaban J connectivity index is 1.46. The topological polar surface area (TPSA) is 41.6 Å². The molecule has 1 amide bonds. The third-order valence-corrected chi connectivity index (χ3v) is 7.08. The second-order valence-electron chi connectivity index (χ2n) is 8.72. The number of morpholine rings is 1. The predicted molar refractivity (Wildman–Crippen MR) is 123 cm³/mol. The molecule has 3 aliphatic rings. The molecule has 3 aromatic rings. The fourth-order valence-corrected chi connectivity index (χ4v) is 5.57. The van der Waals surface area contributed by atoms with Gasteiger partial charge in [0.05, 0.1) is 30.5 Å². The summed E-state index contributed by atoms with van der Waals surface area (Å²) in [6, 6.07) is 21.5. The molecule has 31 heavy (non-hydrogen) atoms. The Labute approximate surface area is 182 Å². The maximum absolute atomic E-state index is 13.4. The summed E-state index contributed by atoms with van der Waals surface area (Å²) in [4.78, 5) is 15.4. The first-order valence-electron chi connectivity index (χ1n) is 11.2. The molecular weight excluding hydrogens is 384 g/mol. The van der Waals surface area contributed by atoms with Crippen LogP contribution in [0.3, 0.4) is 0 Å². The van der Waals surface area contributed by atoms with E-state index in [-0.39, 0.29) is 11.9 Å². The standard InChI is InChI=1S/C27H26N2O2/c30-27(29-14-16-31-17-15-29)24-13-5-12-23-20-9-4-11-22(20)25(28-26(23)24)21-10-3-7-18-6-1-2-8-19(18)21/h1-10,12-13,20,22,25,28H,11,14-17H2. The maximum Gasteiger partial charge on any atom is 0.256 e. The van der Waals surface area contributed by atoms with Crippen LogP contribution in [0.2, 0.25) is 0 Å². The monoisotopic (exact) mass is 410 g/mol. The Morgan fingerprint density at radius 2 is 1.71 bits per heavy atom. The molecule has 4 nitrogen and oxygen atoms in total. The number of rotatable bonds is 2. The van der Waals surface area contributed by atoms with Crippen LogP contribution in [-0.4, -0.2) is 37.1 Å². The second-order valence-corrected chi connectivity index (χ2v) is 8.72. The van der Waals surface area contributed by atoms with Crippen LogP contribution in [0.4, 0.5) is 5.69 Å². The van der Waals surface area contributed by atoms with Gasteiger partial charge in [-0.05, 0) is 40.3 Å². The molecule has 3 unspecified atom stereocenters. The lowest BCUT2D eigenvalue weighted by Crippen LogP contribution is -2.41. The molecule has 1 aliphatic carbocycles. The van der Waals surface area contributed by atoms with E-state index in [9.17, 15) is 4.79 Å². The Morgan fingerprint density at radius 3 is 2.61 bits per heavy atom. The van der Waals surface area contributed by atoms with E-state index in [0.29, 0.717) is 38.1 Å². The van der Waals surface area contributed by atoms with E-state index < -0.39 is 0 Å². The zero-order chi connectivity index (χ0) is 20.8. The van der Waals surface area contributed by atoms with Crippen LogP contribution in [0.25, 0.3) is 10.8 Å². The summed E-state index contributed by atoms with van der Waals surface area (Å²) >= 11 is 0. The van der Waals surface area contributed by atoms with Gasteiger partial charge in [-0.25, -0.2) is 0 Å². The molecule has 2 aliphatic heterocycles. The second kappa shape index (κ2) is 7.54. The highest BCUT2D eigenvalue weighted by Gasteiger charge is 2.40. The van der Waals surface area contributed by atoms with E-state index in [2.05, 4.69) is 66.0 Å². The molecule has 156 valence electrons. The van der Waals surface area contributed by atoms with Gasteiger partial charge >= 0.3 is 0 Å². The van der Waals surface area contributed by atoms with Gasteiger partial charge in [-0.1, -0.05) is 66.7 Å². The zero-order valence-electron chi connectivity index (χ0n) is 17.5. The van der Waals surface area contributed by atoms with Crippen LogP contribution in [-0.2, 0) is 4.74 Å². The Morgan fingerprint density at radius 1 is 0.935 bits per heavy atom. The third-order valence-electron chi connectivity index (χ3n) is 7.08. The summed E-state index contributed by atoms with van der Waals surface area (Å²) in [7, 11) is 0. The van der Waals surface area contributed by atoms with E-state index >= 15 is 0 Å².